The number of benzene rings is 1. The summed E-state index contributed by atoms with van der Waals surface area (Å²) in [6.45, 7) is 5.02. The highest BCUT2D eigenvalue weighted by Gasteiger charge is 2.23. The maximum atomic E-state index is 10.9. The van der Waals surface area contributed by atoms with Gasteiger partial charge in [-0.1, -0.05) is 12.1 Å². The second-order valence-electron chi connectivity index (χ2n) is 6.57. The summed E-state index contributed by atoms with van der Waals surface area (Å²) in [4.78, 5) is 17.1. The van der Waals surface area contributed by atoms with Gasteiger partial charge in [-0.15, -0.1) is 0 Å². The number of hydrogen-bond acceptors (Lipinski definition) is 5. The number of rotatable bonds is 6. The fourth-order valence-electron chi connectivity index (χ4n) is 3.39. The molecule has 0 spiro atoms. The lowest BCUT2D eigenvalue weighted by Gasteiger charge is -2.36. The number of aromatic nitrogens is 1. The smallest absolute Gasteiger partial charge is 0.269 e. The molecule has 2 heterocycles. The Kier molecular flexibility index (Phi) is 5.73. The maximum Gasteiger partial charge on any atom is 0.269 e. The second kappa shape index (κ2) is 8.18. The first kappa shape index (κ1) is 17.5. The summed E-state index contributed by atoms with van der Waals surface area (Å²) < 4.78 is 0. The number of pyridine rings is 1. The van der Waals surface area contributed by atoms with E-state index in [1.54, 1.807) is 12.1 Å². The molecule has 0 bridgehead atoms. The molecule has 132 valence electrons. The maximum absolute atomic E-state index is 10.9. The molecule has 1 saturated heterocycles. The normalized spacial score (nSPS) is 17.3. The minimum atomic E-state index is -0.345. The SMILES string of the molecule is CC(c1ccncc1)N1CCC(NCc2cccc([N+](=O)[O-])c2)CC1. The molecule has 1 aromatic heterocycles. The van der Waals surface area contributed by atoms with Gasteiger partial charge in [0.15, 0.2) is 0 Å². The van der Waals surface area contributed by atoms with Crippen molar-refractivity contribution >= 4 is 5.69 Å². The summed E-state index contributed by atoms with van der Waals surface area (Å²) in [6.07, 6.45) is 5.87. The number of non-ortho nitro benzene ring substituents is 1. The highest BCUT2D eigenvalue weighted by atomic mass is 16.6. The molecule has 3 rings (SSSR count). The third-order valence-corrected chi connectivity index (χ3v) is 4.98. The molecule has 1 fully saturated rings. The van der Waals surface area contributed by atoms with Crippen LogP contribution < -0.4 is 5.32 Å². The number of likely N-dealkylation sites (tertiary alicyclic amines) is 1. The molecule has 0 radical (unpaired) electrons. The minimum Gasteiger partial charge on any atom is -0.310 e. The molecular weight excluding hydrogens is 316 g/mol. The van der Waals surface area contributed by atoms with Crippen molar-refractivity contribution in [3.63, 3.8) is 0 Å². The van der Waals surface area contributed by atoms with E-state index in [-0.39, 0.29) is 10.6 Å². The lowest BCUT2D eigenvalue weighted by molar-refractivity contribution is -0.384. The van der Waals surface area contributed by atoms with Crippen LogP contribution in [-0.2, 0) is 6.54 Å². The molecule has 1 unspecified atom stereocenters. The highest BCUT2D eigenvalue weighted by molar-refractivity contribution is 5.34. The van der Waals surface area contributed by atoms with Crippen molar-refractivity contribution in [3.8, 4) is 0 Å². The van der Waals surface area contributed by atoms with Gasteiger partial charge in [-0.2, -0.15) is 0 Å². The molecule has 0 aliphatic carbocycles. The molecule has 2 aromatic rings. The zero-order valence-corrected chi connectivity index (χ0v) is 14.5. The van der Waals surface area contributed by atoms with Crippen LogP contribution in [0.25, 0.3) is 0 Å². The Bertz CT molecular complexity index is 700. The van der Waals surface area contributed by atoms with Gasteiger partial charge in [-0.3, -0.25) is 20.0 Å². The van der Waals surface area contributed by atoms with Crippen molar-refractivity contribution in [2.24, 2.45) is 0 Å². The first-order chi connectivity index (χ1) is 12.1. The summed E-state index contributed by atoms with van der Waals surface area (Å²) in [6, 6.07) is 11.9. The molecule has 1 aromatic carbocycles. The number of nitrogens with zero attached hydrogens (tertiary/aromatic N) is 3. The van der Waals surface area contributed by atoms with E-state index in [9.17, 15) is 10.1 Å². The molecule has 6 heteroatoms. The largest absolute Gasteiger partial charge is 0.310 e. The zero-order valence-electron chi connectivity index (χ0n) is 14.5. The van der Waals surface area contributed by atoms with E-state index in [0.717, 1.165) is 31.5 Å². The van der Waals surface area contributed by atoms with Gasteiger partial charge in [-0.25, -0.2) is 0 Å². The molecule has 1 N–H and O–H groups in total. The highest BCUT2D eigenvalue weighted by Crippen LogP contribution is 2.24. The Labute approximate surface area is 148 Å². The van der Waals surface area contributed by atoms with E-state index in [2.05, 4.69) is 34.3 Å². The molecule has 6 nitrogen and oxygen atoms in total. The van der Waals surface area contributed by atoms with Crippen LogP contribution in [0.3, 0.4) is 0 Å². The lowest BCUT2D eigenvalue weighted by atomic mass is 10.0. The van der Waals surface area contributed by atoms with Crippen LogP contribution in [0.2, 0.25) is 0 Å². The first-order valence-corrected chi connectivity index (χ1v) is 8.74. The third-order valence-electron chi connectivity index (χ3n) is 4.98. The van der Waals surface area contributed by atoms with Gasteiger partial charge in [0, 0.05) is 56.2 Å². The van der Waals surface area contributed by atoms with Crippen molar-refractivity contribution in [2.75, 3.05) is 13.1 Å². The molecular formula is C19H24N4O2. The van der Waals surface area contributed by atoms with E-state index in [4.69, 9.17) is 0 Å². The number of nitrogens with one attached hydrogen (secondary N) is 1. The zero-order chi connectivity index (χ0) is 17.6. The van der Waals surface area contributed by atoms with E-state index in [1.165, 1.54) is 11.6 Å². The molecule has 1 aliphatic rings. The van der Waals surface area contributed by atoms with E-state index >= 15 is 0 Å². The topological polar surface area (TPSA) is 71.3 Å². The summed E-state index contributed by atoms with van der Waals surface area (Å²) >= 11 is 0. The molecule has 0 saturated carbocycles. The Morgan fingerprint density at radius 2 is 2.00 bits per heavy atom. The van der Waals surface area contributed by atoms with Gasteiger partial charge in [-0.05, 0) is 43.0 Å². The fraction of sp³-hybridized carbons (Fsp3) is 0.421. The van der Waals surface area contributed by atoms with Crippen molar-refractivity contribution in [1.82, 2.24) is 15.2 Å². The summed E-state index contributed by atoms with van der Waals surface area (Å²) in [5.74, 6) is 0. The Hall–Kier alpha value is -2.31. The van der Waals surface area contributed by atoms with Crippen molar-refractivity contribution in [2.45, 2.75) is 38.4 Å². The predicted molar refractivity (Wildman–Crippen MR) is 97.2 cm³/mol. The monoisotopic (exact) mass is 340 g/mol. The van der Waals surface area contributed by atoms with Gasteiger partial charge >= 0.3 is 0 Å². The predicted octanol–water partition coefficient (Wildman–Crippen LogP) is 3.31. The lowest BCUT2D eigenvalue weighted by Crippen LogP contribution is -2.43. The molecule has 25 heavy (non-hydrogen) atoms. The Balaban J connectivity index is 1.48. The van der Waals surface area contributed by atoms with Crippen molar-refractivity contribution < 1.29 is 4.92 Å². The fourth-order valence-corrected chi connectivity index (χ4v) is 3.39. The first-order valence-electron chi connectivity index (χ1n) is 8.74. The van der Waals surface area contributed by atoms with E-state index < -0.39 is 0 Å². The Morgan fingerprint density at radius 3 is 2.68 bits per heavy atom. The number of piperidine rings is 1. The van der Waals surface area contributed by atoms with Crippen LogP contribution in [0.1, 0.15) is 36.9 Å². The minimum absolute atomic E-state index is 0.153. The molecule has 1 aliphatic heterocycles. The second-order valence-corrected chi connectivity index (χ2v) is 6.57. The summed E-state index contributed by atoms with van der Waals surface area (Å²) in [5, 5.41) is 14.4. The average molecular weight is 340 g/mol. The van der Waals surface area contributed by atoms with Gasteiger partial charge in [0.2, 0.25) is 0 Å². The van der Waals surface area contributed by atoms with Gasteiger partial charge in [0.25, 0.3) is 5.69 Å². The molecule has 0 amide bonds. The third kappa shape index (κ3) is 4.61. The van der Waals surface area contributed by atoms with Gasteiger partial charge < -0.3 is 5.32 Å². The van der Waals surface area contributed by atoms with Crippen LogP contribution in [0.5, 0.6) is 0 Å². The quantitative estimate of drug-likeness (QED) is 0.645. The molecule has 1 atom stereocenters. The van der Waals surface area contributed by atoms with Gasteiger partial charge in [0.1, 0.15) is 0 Å². The standard InChI is InChI=1S/C19H24N4O2/c1-15(17-5-9-20-10-6-17)22-11-7-18(8-12-22)21-14-16-3-2-4-19(13-16)23(24)25/h2-6,9-10,13,15,18,21H,7-8,11-12,14H2,1H3. The van der Waals surface area contributed by atoms with Crippen LogP contribution in [0.15, 0.2) is 48.8 Å². The number of nitro groups is 1. The van der Waals surface area contributed by atoms with Crippen molar-refractivity contribution in [3.05, 3.63) is 70.0 Å². The van der Waals surface area contributed by atoms with Crippen LogP contribution in [-0.4, -0.2) is 33.9 Å². The Morgan fingerprint density at radius 1 is 1.28 bits per heavy atom. The summed E-state index contributed by atoms with van der Waals surface area (Å²) in [7, 11) is 0. The number of nitro benzene ring substituents is 1. The van der Waals surface area contributed by atoms with E-state index in [1.807, 2.05) is 18.5 Å². The van der Waals surface area contributed by atoms with Crippen LogP contribution in [0.4, 0.5) is 5.69 Å². The van der Waals surface area contributed by atoms with Crippen LogP contribution >= 0.6 is 0 Å². The number of hydrogen-bond donors (Lipinski definition) is 1. The van der Waals surface area contributed by atoms with Crippen molar-refractivity contribution in [1.29, 1.82) is 0 Å². The van der Waals surface area contributed by atoms with E-state index in [0.29, 0.717) is 18.6 Å². The van der Waals surface area contributed by atoms with Gasteiger partial charge in [0.05, 0.1) is 4.92 Å². The van der Waals surface area contributed by atoms with Crippen LogP contribution in [0, 0.1) is 10.1 Å². The average Bonchev–Trinajstić information content (AvgIpc) is 2.67. The summed E-state index contributed by atoms with van der Waals surface area (Å²) in [5.41, 5.74) is 2.42.